The minimum absolute atomic E-state index is 0.0282. The van der Waals surface area contributed by atoms with Crippen LogP contribution in [0.25, 0.3) is 6.08 Å². The van der Waals surface area contributed by atoms with E-state index < -0.39 is 58.1 Å². The Bertz CT molecular complexity index is 986. The van der Waals surface area contributed by atoms with Crippen LogP contribution in [0.1, 0.15) is 36.7 Å². The molecule has 0 unspecified atom stereocenters. The number of hydroxylamine groups is 1. The quantitative estimate of drug-likeness (QED) is 0.159. The van der Waals surface area contributed by atoms with Gasteiger partial charge in [-0.15, -0.1) is 0 Å². The molecule has 0 radical (unpaired) electrons. The summed E-state index contributed by atoms with van der Waals surface area (Å²) in [5.74, 6) is -3.92. The summed E-state index contributed by atoms with van der Waals surface area (Å²) in [7, 11) is -1.97. The number of hydrogen-bond donors (Lipinski definition) is 2. The number of benzene rings is 1. The van der Waals surface area contributed by atoms with Crippen LogP contribution in [0.15, 0.2) is 34.3 Å². The Morgan fingerprint density at radius 3 is 2.50 bits per heavy atom. The maximum Gasteiger partial charge on any atom is 0.277 e. The van der Waals surface area contributed by atoms with E-state index in [0.717, 1.165) is 12.1 Å². The fourth-order valence-electron chi connectivity index (χ4n) is 2.39. The molecule has 0 aliphatic carbocycles. The van der Waals surface area contributed by atoms with Gasteiger partial charge in [0.25, 0.3) is 5.91 Å². The summed E-state index contributed by atoms with van der Waals surface area (Å²) in [6.45, 7) is 14.3. The minimum atomic E-state index is -1.97. The van der Waals surface area contributed by atoms with E-state index in [2.05, 4.69) is 51.2 Å². The molecular formula is C22H28F3IN2O3Si. The van der Waals surface area contributed by atoms with Crippen molar-refractivity contribution in [3.8, 4) is 0 Å². The van der Waals surface area contributed by atoms with E-state index in [9.17, 15) is 18.0 Å². The van der Waals surface area contributed by atoms with Crippen LogP contribution in [-0.2, 0) is 9.26 Å². The molecule has 0 saturated heterocycles. The summed E-state index contributed by atoms with van der Waals surface area (Å²) < 4.78 is 52.3. The fourth-order valence-corrected chi connectivity index (χ4v) is 4.84. The highest BCUT2D eigenvalue weighted by atomic mass is 127. The molecule has 5 nitrogen and oxygen atoms in total. The number of rotatable bonds is 9. The van der Waals surface area contributed by atoms with Gasteiger partial charge < -0.3 is 9.74 Å². The first kappa shape index (κ1) is 26.5. The second-order valence-electron chi connectivity index (χ2n) is 8.52. The molecular weight excluding hydrogens is 552 g/mol. The van der Waals surface area contributed by atoms with E-state index >= 15 is 0 Å². The fraction of sp³-hybridized carbons (Fsp3) is 0.364. The van der Waals surface area contributed by atoms with Gasteiger partial charge in [0.15, 0.2) is 25.8 Å². The van der Waals surface area contributed by atoms with Crippen molar-refractivity contribution in [2.45, 2.75) is 38.9 Å². The molecule has 1 heterocycles. The Morgan fingerprint density at radius 2 is 1.91 bits per heavy atom. The van der Waals surface area contributed by atoms with Crippen molar-refractivity contribution >= 4 is 50.7 Å². The van der Waals surface area contributed by atoms with Crippen LogP contribution in [0.4, 0.5) is 18.9 Å². The molecule has 32 heavy (non-hydrogen) atoms. The van der Waals surface area contributed by atoms with E-state index in [4.69, 9.17) is 9.26 Å². The van der Waals surface area contributed by atoms with Crippen LogP contribution in [0.2, 0.25) is 18.1 Å². The average Bonchev–Trinajstić information content (AvgIpc) is 2.71. The summed E-state index contributed by atoms with van der Waals surface area (Å²) in [5, 5.41) is 2.53. The van der Waals surface area contributed by atoms with Crippen LogP contribution < -0.4 is 10.8 Å². The standard InChI is InChI=1S/C22H28F3IN2O3Si/c1-7-14-12-15(21(29)28-30-10-11-31-32(5,6)22(2,3)4)20(19(25)18(14)24)27-17-8-9-26-13-16(17)23/h7-9,12-13,27H,1,10-11H2,2-6H3,(H,28,29). The molecule has 0 fully saturated rings. The van der Waals surface area contributed by atoms with Gasteiger partial charge in [0.2, 0.25) is 0 Å². The predicted octanol–water partition coefficient (Wildman–Crippen LogP) is 6.18. The Labute approximate surface area is 197 Å². The molecule has 2 rings (SSSR count). The number of hydrogen-bond acceptors (Lipinski definition) is 4. The molecule has 0 bridgehead atoms. The molecule has 0 aromatic heterocycles. The lowest BCUT2D eigenvalue weighted by Crippen LogP contribution is -2.41. The Kier molecular flexibility index (Phi) is 9.03. The molecule has 0 atom stereocenters. The van der Waals surface area contributed by atoms with Gasteiger partial charge in [-0.25, -0.2) is 18.7 Å². The van der Waals surface area contributed by atoms with Crippen LogP contribution in [0.5, 0.6) is 0 Å². The molecule has 1 aliphatic rings. The first-order chi connectivity index (χ1) is 14.9. The van der Waals surface area contributed by atoms with Crippen molar-refractivity contribution in [3.63, 3.8) is 0 Å². The third-order valence-corrected chi connectivity index (χ3v) is 11.5. The highest BCUT2D eigenvalue weighted by Gasteiger charge is 2.36. The van der Waals surface area contributed by atoms with Crippen LogP contribution in [-0.4, -0.2) is 31.5 Å². The van der Waals surface area contributed by atoms with Crippen LogP contribution >= 0.6 is 20.7 Å². The summed E-state index contributed by atoms with van der Waals surface area (Å²) in [6.07, 6.45) is 2.53. The number of halogens is 4. The lowest BCUT2D eigenvalue weighted by Gasteiger charge is -2.36. The van der Waals surface area contributed by atoms with Crippen molar-refractivity contribution in [1.29, 1.82) is 0 Å². The third kappa shape index (κ3) is 6.39. The number of nitrogens with one attached hydrogen (secondary N) is 2. The Morgan fingerprint density at radius 1 is 1.22 bits per heavy atom. The molecule has 2 N–H and O–H groups in total. The predicted molar refractivity (Wildman–Crippen MR) is 134 cm³/mol. The van der Waals surface area contributed by atoms with Gasteiger partial charge in [0.05, 0.1) is 30.2 Å². The van der Waals surface area contributed by atoms with Gasteiger partial charge in [-0.3, -0.25) is 9.63 Å². The van der Waals surface area contributed by atoms with Crippen LogP contribution in [0.3, 0.4) is 0 Å². The summed E-state index contributed by atoms with van der Waals surface area (Å²) in [4.78, 5) is 17.9. The van der Waals surface area contributed by atoms with Gasteiger partial charge in [-0.2, -0.15) is 0 Å². The zero-order chi connectivity index (χ0) is 24.1. The SMILES string of the molecule is C=Cc1cc(C(=O)NOCCO[Si](C)(C)C(C)(C)C)c(NC2=C(F)C=IC=C2)c(F)c1F. The Balaban J connectivity index is 2.16. The number of carbonyl (C=O) groups is 1. The van der Waals surface area contributed by atoms with E-state index in [1.165, 1.54) is 10.1 Å². The first-order valence-electron chi connectivity index (χ1n) is 9.88. The van der Waals surface area contributed by atoms with Crippen LogP contribution in [0, 0.1) is 11.6 Å². The number of allylic oxidation sites excluding steroid dienone is 2. The largest absolute Gasteiger partial charge is 0.414 e. The van der Waals surface area contributed by atoms with E-state index in [1.54, 1.807) is 4.08 Å². The molecule has 1 aliphatic heterocycles. The molecule has 1 amide bonds. The van der Waals surface area contributed by atoms with E-state index in [0.29, 0.717) is 0 Å². The van der Waals surface area contributed by atoms with Gasteiger partial charge in [-0.05, 0) is 34.4 Å². The summed E-state index contributed by atoms with van der Waals surface area (Å²) >= 11 is -0.568. The lowest BCUT2D eigenvalue weighted by atomic mass is 10.1. The molecule has 1 aromatic carbocycles. The molecule has 0 saturated carbocycles. The van der Waals surface area contributed by atoms with Gasteiger partial charge in [-0.1, -0.05) is 54.2 Å². The topological polar surface area (TPSA) is 59.6 Å². The maximum atomic E-state index is 14.7. The highest BCUT2D eigenvalue weighted by molar-refractivity contribution is 14.2. The number of carbonyl (C=O) groups excluding carboxylic acids is 1. The van der Waals surface area contributed by atoms with Crippen molar-refractivity contribution in [3.05, 3.63) is 57.1 Å². The van der Waals surface area contributed by atoms with Crippen molar-refractivity contribution in [2.24, 2.45) is 0 Å². The number of amides is 1. The normalized spacial score (nSPS) is 14.2. The van der Waals surface area contributed by atoms with Gasteiger partial charge in [0.1, 0.15) is 0 Å². The van der Waals surface area contributed by atoms with Crippen molar-refractivity contribution in [1.82, 2.24) is 5.48 Å². The second-order valence-corrected chi connectivity index (χ2v) is 15.4. The molecule has 176 valence electrons. The van der Waals surface area contributed by atoms with Gasteiger partial charge >= 0.3 is 0 Å². The first-order valence-corrected chi connectivity index (χ1v) is 15.3. The molecule has 1 aromatic rings. The monoisotopic (exact) mass is 580 g/mol. The highest BCUT2D eigenvalue weighted by Crippen LogP contribution is 2.36. The average molecular weight is 580 g/mol. The van der Waals surface area contributed by atoms with E-state index in [-0.39, 0.29) is 35.1 Å². The number of anilines is 1. The van der Waals surface area contributed by atoms with Crippen molar-refractivity contribution in [2.75, 3.05) is 18.5 Å². The molecule has 0 spiro atoms. The maximum absolute atomic E-state index is 14.7. The third-order valence-electron chi connectivity index (χ3n) is 5.30. The minimum Gasteiger partial charge on any atom is -0.414 e. The summed E-state index contributed by atoms with van der Waals surface area (Å²) in [5.41, 5.74) is 1.21. The van der Waals surface area contributed by atoms with E-state index in [1.807, 2.05) is 0 Å². The van der Waals surface area contributed by atoms with Gasteiger partial charge in [0, 0.05) is 9.58 Å². The zero-order valence-electron chi connectivity index (χ0n) is 18.7. The zero-order valence-corrected chi connectivity index (χ0v) is 21.9. The second kappa shape index (κ2) is 10.9. The van der Waals surface area contributed by atoms with Crippen molar-refractivity contribution < 1.29 is 27.2 Å². The molecule has 10 heteroatoms. The lowest BCUT2D eigenvalue weighted by molar-refractivity contribution is 0.0184. The Hall–Kier alpha value is -1.76. The smallest absolute Gasteiger partial charge is 0.277 e. The summed E-state index contributed by atoms with van der Waals surface area (Å²) in [6, 6.07) is 1.13.